The highest BCUT2D eigenvalue weighted by Gasteiger charge is 2.32. The van der Waals surface area contributed by atoms with Gasteiger partial charge >= 0.3 is 0 Å². The van der Waals surface area contributed by atoms with Crippen molar-refractivity contribution in [3.8, 4) is 0 Å². The predicted octanol–water partition coefficient (Wildman–Crippen LogP) is -0.143. The number of carbonyl (C=O) groups excluding carboxylic acids is 2. The summed E-state index contributed by atoms with van der Waals surface area (Å²) < 4.78 is 0. The summed E-state index contributed by atoms with van der Waals surface area (Å²) in [5.74, 6) is -0.476. The average molecular weight is 261 g/mol. The maximum atomic E-state index is 12.3. The van der Waals surface area contributed by atoms with Gasteiger partial charge < -0.3 is 15.5 Å². The number of rotatable bonds is 3. The highest BCUT2D eigenvalue weighted by Crippen LogP contribution is 2.11. The van der Waals surface area contributed by atoms with Gasteiger partial charge in [-0.1, -0.05) is 30.3 Å². The van der Waals surface area contributed by atoms with Crippen molar-refractivity contribution in [3.63, 3.8) is 0 Å². The van der Waals surface area contributed by atoms with Crippen LogP contribution in [0.25, 0.3) is 0 Å². The van der Waals surface area contributed by atoms with Crippen LogP contribution in [0.4, 0.5) is 0 Å². The van der Waals surface area contributed by atoms with E-state index in [0.29, 0.717) is 19.5 Å². The molecule has 1 aliphatic rings. The molecule has 2 N–H and O–H groups in total. The standard InChI is InChI=1S/C14H19N3O2/c1-16-7-8-17(12(10-16)14(15)19)13(18)9-11-5-3-2-4-6-11/h2-6,12H,7-10H2,1H3,(H2,15,19). The number of amides is 2. The van der Waals surface area contributed by atoms with Crippen molar-refractivity contribution in [2.75, 3.05) is 26.7 Å². The number of likely N-dealkylation sites (N-methyl/N-ethyl adjacent to an activating group) is 1. The summed E-state index contributed by atoms with van der Waals surface area (Å²) in [6.45, 7) is 1.83. The molecule has 1 aromatic rings. The van der Waals surface area contributed by atoms with E-state index in [1.807, 2.05) is 42.3 Å². The quantitative estimate of drug-likeness (QED) is 0.823. The molecule has 1 atom stereocenters. The summed E-state index contributed by atoms with van der Waals surface area (Å²) in [4.78, 5) is 27.4. The fraction of sp³-hybridized carbons (Fsp3) is 0.429. The van der Waals surface area contributed by atoms with Gasteiger partial charge in [0, 0.05) is 19.6 Å². The van der Waals surface area contributed by atoms with E-state index in [1.54, 1.807) is 4.90 Å². The molecule has 1 saturated heterocycles. The Morgan fingerprint density at radius 3 is 2.58 bits per heavy atom. The zero-order valence-corrected chi connectivity index (χ0v) is 11.1. The van der Waals surface area contributed by atoms with Crippen molar-refractivity contribution >= 4 is 11.8 Å². The molecule has 0 radical (unpaired) electrons. The minimum absolute atomic E-state index is 0.0388. The van der Waals surface area contributed by atoms with Crippen LogP contribution in [-0.2, 0) is 16.0 Å². The summed E-state index contributed by atoms with van der Waals surface area (Å²) in [5.41, 5.74) is 6.34. The lowest BCUT2D eigenvalue weighted by Gasteiger charge is -2.38. The smallest absolute Gasteiger partial charge is 0.241 e. The molecular weight excluding hydrogens is 242 g/mol. The van der Waals surface area contributed by atoms with Gasteiger partial charge in [0.15, 0.2) is 0 Å². The molecule has 5 heteroatoms. The lowest BCUT2D eigenvalue weighted by atomic mass is 10.1. The Bertz CT molecular complexity index is 461. The summed E-state index contributed by atoms with van der Waals surface area (Å²) in [5, 5.41) is 0. The van der Waals surface area contributed by atoms with Crippen molar-refractivity contribution < 1.29 is 9.59 Å². The zero-order valence-electron chi connectivity index (χ0n) is 11.1. The fourth-order valence-electron chi connectivity index (χ4n) is 2.33. The van der Waals surface area contributed by atoms with Crippen LogP contribution in [0.3, 0.4) is 0 Å². The number of piperazine rings is 1. The maximum absolute atomic E-state index is 12.3. The van der Waals surface area contributed by atoms with Gasteiger partial charge in [0.1, 0.15) is 6.04 Å². The van der Waals surface area contributed by atoms with Gasteiger partial charge in [0.2, 0.25) is 11.8 Å². The lowest BCUT2D eigenvalue weighted by molar-refractivity contribution is -0.141. The van der Waals surface area contributed by atoms with E-state index < -0.39 is 11.9 Å². The number of carbonyl (C=O) groups is 2. The Balaban J connectivity index is 2.06. The van der Waals surface area contributed by atoms with E-state index in [2.05, 4.69) is 0 Å². The predicted molar refractivity (Wildman–Crippen MR) is 72.3 cm³/mol. The molecule has 2 rings (SSSR count). The minimum atomic E-state index is -0.519. The van der Waals surface area contributed by atoms with E-state index in [9.17, 15) is 9.59 Å². The fourth-order valence-corrected chi connectivity index (χ4v) is 2.33. The van der Waals surface area contributed by atoms with Crippen molar-refractivity contribution in [1.82, 2.24) is 9.80 Å². The van der Waals surface area contributed by atoms with Gasteiger partial charge in [0.25, 0.3) is 0 Å². The normalized spacial score (nSPS) is 20.3. The van der Waals surface area contributed by atoms with E-state index in [1.165, 1.54) is 0 Å². The highest BCUT2D eigenvalue weighted by atomic mass is 16.2. The lowest BCUT2D eigenvalue weighted by Crippen LogP contribution is -2.59. The van der Waals surface area contributed by atoms with Gasteiger partial charge in [-0.2, -0.15) is 0 Å². The van der Waals surface area contributed by atoms with Crippen molar-refractivity contribution in [3.05, 3.63) is 35.9 Å². The van der Waals surface area contributed by atoms with Crippen LogP contribution >= 0.6 is 0 Å². The highest BCUT2D eigenvalue weighted by molar-refractivity contribution is 5.88. The Morgan fingerprint density at radius 1 is 1.26 bits per heavy atom. The zero-order chi connectivity index (χ0) is 13.8. The molecular formula is C14H19N3O2. The molecule has 1 aromatic carbocycles. The SMILES string of the molecule is CN1CCN(C(=O)Cc2ccccc2)C(C(N)=O)C1. The van der Waals surface area contributed by atoms with Gasteiger partial charge in [-0.15, -0.1) is 0 Å². The molecule has 2 amide bonds. The largest absolute Gasteiger partial charge is 0.368 e. The number of nitrogens with zero attached hydrogens (tertiary/aromatic N) is 2. The third-order valence-electron chi connectivity index (χ3n) is 3.43. The van der Waals surface area contributed by atoms with Crippen molar-refractivity contribution in [2.24, 2.45) is 5.73 Å². The van der Waals surface area contributed by atoms with Crippen LogP contribution in [-0.4, -0.2) is 54.3 Å². The monoisotopic (exact) mass is 261 g/mol. The van der Waals surface area contributed by atoms with E-state index in [-0.39, 0.29) is 5.91 Å². The first kappa shape index (κ1) is 13.5. The molecule has 0 aromatic heterocycles. The van der Waals surface area contributed by atoms with Crippen LogP contribution in [0.15, 0.2) is 30.3 Å². The molecule has 19 heavy (non-hydrogen) atoms. The van der Waals surface area contributed by atoms with Crippen LogP contribution in [0.5, 0.6) is 0 Å². The van der Waals surface area contributed by atoms with E-state index >= 15 is 0 Å². The Labute approximate surface area is 113 Å². The molecule has 0 aliphatic carbocycles. The summed E-state index contributed by atoms with van der Waals surface area (Å²) in [6.07, 6.45) is 0.314. The van der Waals surface area contributed by atoms with Crippen LogP contribution < -0.4 is 5.73 Å². The molecule has 1 heterocycles. The number of nitrogens with two attached hydrogens (primary N) is 1. The second-order valence-electron chi connectivity index (χ2n) is 4.93. The third kappa shape index (κ3) is 3.32. The number of primary amides is 1. The third-order valence-corrected chi connectivity index (χ3v) is 3.43. The first-order valence-electron chi connectivity index (χ1n) is 6.39. The van der Waals surface area contributed by atoms with Crippen LogP contribution in [0, 0.1) is 0 Å². The molecule has 0 saturated carbocycles. The molecule has 0 spiro atoms. The topological polar surface area (TPSA) is 66.6 Å². The Morgan fingerprint density at radius 2 is 1.95 bits per heavy atom. The molecule has 1 aliphatic heterocycles. The molecule has 0 bridgehead atoms. The molecule has 102 valence electrons. The Hall–Kier alpha value is -1.88. The number of hydrogen-bond acceptors (Lipinski definition) is 3. The van der Waals surface area contributed by atoms with Gasteiger partial charge in [0.05, 0.1) is 6.42 Å². The molecule has 1 fully saturated rings. The van der Waals surface area contributed by atoms with Crippen molar-refractivity contribution in [2.45, 2.75) is 12.5 Å². The Kier molecular flexibility index (Phi) is 4.16. The minimum Gasteiger partial charge on any atom is -0.368 e. The first-order valence-corrected chi connectivity index (χ1v) is 6.39. The van der Waals surface area contributed by atoms with Crippen LogP contribution in [0.2, 0.25) is 0 Å². The van der Waals surface area contributed by atoms with Gasteiger partial charge in [-0.3, -0.25) is 9.59 Å². The first-order chi connectivity index (χ1) is 9.08. The van der Waals surface area contributed by atoms with Crippen molar-refractivity contribution in [1.29, 1.82) is 0 Å². The summed E-state index contributed by atoms with van der Waals surface area (Å²) in [6, 6.07) is 9.02. The number of hydrogen-bond donors (Lipinski definition) is 1. The number of benzene rings is 1. The second kappa shape index (κ2) is 5.84. The van der Waals surface area contributed by atoms with Gasteiger partial charge in [-0.05, 0) is 12.6 Å². The molecule has 5 nitrogen and oxygen atoms in total. The maximum Gasteiger partial charge on any atom is 0.241 e. The van der Waals surface area contributed by atoms with Crippen LogP contribution in [0.1, 0.15) is 5.56 Å². The molecule has 1 unspecified atom stereocenters. The van der Waals surface area contributed by atoms with E-state index in [4.69, 9.17) is 5.73 Å². The van der Waals surface area contributed by atoms with E-state index in [0.717, 1.165) is 12.1 Å². The van der Waals surface area contributed by atoms with Gasteiger partial charge in [-0.25, -0.2) is 0 Å². The summed E-state index contributed by atoms with van der Waals surface area (Å²) >= 11 is 0. The second-order valence-corrected chi connectivity index (χ2v) is 4.93. The summed E-state index contributed by atoms with van der Waals surface area (Å²) in [7, 11) is 1.93. The average Bonchev–Trinajstić information content (AvgIpc) is 2.39.